The SMILES string of the molecule is C[C@]12CCC(=O)C[C@@H]1CCc1[nH]c(-c3ccccc3)nc12. The molecule has 0 saturated heterocycles. The minimum atomic E-state index is 0.0744. The molecule has 0 unspecified atom stereocenters. The molecule has 0 radical (unpaired) electrons. The summed E-state index contributed by atoms with van der Waals surface area (Å²) < 4.78 is 0. The zero-order valence-corrected chi connectivity index (χ0v) is 12.4. The normalized spacial score (nSPS) is 28.0. The summed E-state index contributed by atoms with van der Waals surface area (Å²) in [6.45, 7) is 2.30. The molecule has 4 rings (SSSR count). The summed E-state index contributed by atoms with van der Waals surface area (Å²) in [6.07, 6.45) is 4.51. The fourth-order valence-corrected chi connectivity index (χ4v) is 4.05. The zero-order valence-electron chi connectivity index (χ0n) is 12.4. The van der Waals surface area contributed by atoms with Crippen LogP contribution in [0.15, 0.2) is 30.3 Å². The minimum absolute atomic E-state index is 0.0744. The van der Waals surface area contributed by atoms with Crippen LogP contribution in [0.5, 0.6) is 0 Å². The van der Waals surface area contributed by atoms with Gasteiger partial charge in [-0.3, -0.25) is 4.79 Å². The molecule has 3 heteroatoms. The monoisotopic (exact) mass is 280 g/mol. The third-order valence-electron chi connectivity index (χ3n) is 5.41. The number of aromatic amines is 1. The lowest BCUT2D eigenvalue weighted by atomic mass is 9.60. The van der Waals surface area contributed by atoms with Gasteiger partial charge >= 0.3 is 0 Å². The Kier molecular flexibility index (Phi) is 2.78. The standard InChI is InChI=1S/C18H20N2O/c1-18-10-9-14(21)11-13(18)7-8-15-16(18)20-17(19-15)12-5-3-2-4-6-12/h2-6,13H,7-11H2,1H3,(H,19,20)/t13-,18-/m0/s1. The van der Waals surface area contributed by atoms with E-state index in [1.165, 1.54) is 11.4 Å². The summed E-state index contributed by atoms with van der Waals surface area (Å²) in [5, 5.41) is 0. The van der Waals surface area contributed by atoms with E-state index in [-0.39, 0.29) is 5.41 Å². The maximum absolute atomic E-state index is 11.8. The van der Waals surface area contributed by atoms with Gasteiger partial charge in [0.2, 0.25) is 0 Å². The molecule has 0 amide bonds. The van der Waals surface area contributed by atoms with Crippen molar-refractivity contribution in [2.45, 2.75) is 44.4 Å². The first-order chi connectivity index (χ1) is 10.2. The predicted octanol–water partition coefficient (Wildman–Crippen LogP) is 3.65. The van der Waals surface area contributed by atoms with Crippen molar-refractivity contribution in [3.8, 4) is 11.4 Å². The Morgan fingerprint density at radius 1 is 1.24 bits per heavy atom. The smallest absolute Gasteiger partial charge is 0.137 e. The molecule has 0 bridgehead atoms. The molecule has 1 fully saturated rings. The molecule has 2 aromatic rings. The number of hydrogen-bond acceptors (Lipinski definition) is 2. The van der Waals surface area contributed by atoms with Gasteiger partial charge in [0.1, 0.15) is 11.6 Å². The maximum atomic E-state index is 11.8. The third-order valence-corrected chi connectivity index (χ3v) is 5.41. The Morgan fingerprint density at radius 3 is 2.86 bits per heavy atom. The van der Waals surface area contributed by atoms with Crippen LogP contribution in [0.25, 0.3) is 11.4 Å². The first kappa shape index (κ1) is 12.8. The number of nitrogens with one attached hydrogen (secondary N) is 1. The van der Waals surface area contributed by atoms with Crippen LogP contribution in [0, 0.1) is 5.92 Å². The van der Waals surface area contributed by atoms with Crippen molar-refractivity contribution in [3.05, 3.63) is 41.7 Å². The van der Waals surface area contributed by atoms with Crippen molar-refractivity contribution in [1.29, 1.82) is 0 Å². The Morgan fingerprint density at radius 2 is 2.05 bits per heavy atom. The molecule has 0 spiro atoms. The van der Waals surface area contributed by atoms with E-state index in [2.05, 4.69) is 24.0 Å². The molecule has 3 nitrogen and oxygen atoms in total. The minimum Gasteiger partial charge on any atom is -0.342 e. The number of carbonyl (C=O) groups excluding carboxylic acids is 1. The number of benzene rings is 1. The number of carbonyl (C=O) groups is 1. The number of Topliss-reactive ketones (excluding diaryl/α,β-unsaturated/α-hetero) is 1. The second-order valence-electron chi connectivity index (χ2n) is 6.67. The van der Waals surface area contributed by atoms with E-state index < -0.39 is 0 Å². The Bertz CT molecular complexity index is 688. The van der Waals surface area contributed by atoms with Gasteiger partial charge in [0.25, 0.3) is 0 Å². The fourth-order valence-electron chi connectivity index (χ4n) is 4.05. The lowest BCUT2D eigenvalue weighted by Gasteiger charge is -2.43. The van der Waals surface area contributed by atoms with Crippen LogP contribution in [-0.2, 0) is 16.6 Å². The predicted molar refractivity (Wildman–Crippen MR) is 82.0 cm³/mol. The highest BCUT2D eigenvalue weighted by molar-refractivity contribution is 5.80. The van der Waals surface area contributed by atoms with Crippen LogP contribution in [0.1, 0.15) is 44.0 Å². The van der Waals surface area contributed by atoms with Crippen molar-refractivity contribution in [1.82, 2.24) is 9.97 Å². The van der Waals surface area contributed by atoms with Crippen molar-refractivity contribution in [2.75, 3.05) is 0 Å². The number of rotatable bonds is 1. The number of nitrogens with zero attached hydrogens (tertiary/aromatic N) is 1. The van der Waals surface area contributed by atoms with Crippen molar-refractivity contribution in [3.63, 3.8) is 0 Å². The molecule has 21 heavy (non-hydrogen) atoms. The average Bonchev–Trinajstić information content (AvgIpc) is 2.95. The highest BCUT2D eigenvalue weighted by Crippen LogP contribution is 2.48. The summed E-state index contributed by atoms with van der Waals surface area (Å²) in [6, 6.07) is 10.3. The number of H-pyrrole nitrogens is 1. The number of aromatic nitrogens is 2. The Hall–Kier alpha value is -1.90. The van der Waals surface area contributed by atoms with Gasteiger partial charge in [-0.05, 0) is 25.2 Å². The van der Waals surface area contributed by atoms with Crippen LogP contribution in [0.3, 0.4) is 0 Å². The first-order valence-electron chi connectivity index (χ1n) is 7.83. The fraction of sp³-hybridized carbons (Fsp3) is 0.444. The van der Waals surface area contributed by atoms with E-state index in [0.717, 1.165) is 37.1 Å². The largest absolute Gasteiger partial charge is 0.342 e. The van der Waals surface area contributed by atoms with Gasteiger partial charge in [-0.1, -0.05) is 37.3 Å². The van der Waals surface area contributed by atoms with Crippen LogP contribution in [-0.4, -0.2) is 15.8 Å². The molecular weight excluding hydrogens is 260 g/mol. The molecule has 1 heterocycles. The molecule has 2 aliphatic carbocycles. The van der Waals surface area contributed by atoms with E-state index in [4.69, 9.17) is 4.98 Å². The summed E-state index contributed by atoms with van der Waals surface area (Å²) in [5.41, 5.74) is 3.70. The van der Waals surface area contributed by atoms with Gasteiger partial charge in [0.05, 0.1) is 5.69 Å². The van der Waals surface area contributed by atoms with Crippen LogP contribution in [0.4, 0.5) is 0 Å². The lowest BCUT2D eigenvalue weighted by molar-refractivity contribution is -0.123. The Balaban J connectivity index is 1.77. The summed E-state index contributed by atoms with van der Waals surface area (Å²) in [7, 11) is 0. The van der Waals surface area contributed by atoms with Crippen LogP contribution >= 0.6 is 0 Å². The molecule has 0 aliphatic heterocycles. The van der Waals surface area contributed by atoms with Crippen molar-refractivity contribution >= 4 is 5.78 Å². The molecule has 2 aliphatic rings. The molecule has 1 N–H and O–H groups in total. The van der Waals surface area contributed by atoms with E-state index in [9.17, 15) is 4.79 Å². The second-order valence-corrected chi connectivity index (χ2v) is 6.67. The second kappa shape index (κ2) is 4.55. The van der Waals surface area contributed by atoms with E-state index in [1.54, 1.807) is 0 Å². The third kappa shape index (κ3) is 1.95. The lowest BCUT2D eigenvalue weighted by Crippen LogP contribution is -2.42. The number of imidazole rings is 1. The van der Waals surface area contributed by atoms with Gasteiger partial charge < -0.3 is 4.98 Å². The number of fused-ring (bicyclic) bond motifs is 3. The van der Waals surface area contributed by atoms with Gasteiger partial charge in [0, 0.05) is 29.5 Å². The van der Waals surface area contributed by atoms with Crippen LogP contribution < -0.4 is 0 Å². The number of aryl methyl sites for hydroxylation is 1. The van der Waals surface area contributed by atoms with E-state index >= 15 is 0 Å². The molecule has 108 valence electrons. The number of ketones is 1. The van der Waals surface area contributed by atoms with Gasteiger partial charge in [-0.15, -0.1) is 0 Å². The van der Waals surface area contributed by atoms with Crippen molar-refractivity contribution < 1.29 is 4.79 Å². The molecular formula is C18H20N2O. The van der Waals surface area contributed by atoms with Crippen LogP contribution in [0.2, 0.25) is 0 Å². The topological polar surface area (TPSA) is 45.8 Å². The summed E-state index contributed by atoms with van der Waals surface area (Å²) >= 11 is 0. The summed E-state index contributed by atoms with van der Waals surface area (Å²) in [5.74, 6) is 1.87. The maximum Gasteiger partial charge on any atom is 0.137 e. The molecule has 1 aromatic heterocycles. The highest BCUT2D eigenvalue weighted by Gasteiger charge is 2.46. The quantitative estimate of drug-likeness (QED) is 0.866. The Labute approximate surface area is 124 Å². The van der Waals surface area contributed by atoms with Crippen molar-refractivity contribution in [2.24, 2.45) is 5.92 Å². The zero-order chi connectivity index (χ0) is 14.4. The van der Waals surface area contributed by atoms with Gasteiger partial charge in [-0.2, -0.15) is 0 Å². The van der Waals surface area contributed by atoms with Gasteiger partial charge in [-0.25, -0.2) is 4.98 Å². The first-order valence-corrected chi connectivity index (χ1v) is 7.83. The number of hydrogen-bond donors (Lipinski definition) is 1. The molecule has 2 atom stereocenters. The molecule has 1 aromatic carbocycles. The van der Waals surface area contributed by atoms with Gasteiger partial charge in [0.15, 0.2) is 0 Å². The molecule has 1 saturated carbocycles. The van der Waals surface area contributed by atoms with E-state index in [1.807, 2.05) is 18.2 Å². The highest BCUT2D eigenvalue weighted by atomic mass is 16.1. The van der Waals surface area contributed by atoms with E-state index in [0.29, 0.717) is 18.1 Å². The summed E-state index contributed by atoms with van der Waals surface area (Å²) in [4.78, 5) is 20.2. The average molecular weight is 280 g/mol.